The molecule has 1 atom stereocenters. The molecule has 1 aromatic heterocycles. The Morgan fingerprint density at radius 1 is 1.50 bits per heavy atom. The van der Waals surface area contributed by atoms with E-state index in [0.29, 0.717) is 13.0 Å². The van der Waals surface area contributed by atoms with Gasteiger partial charge >= 0.3 is 6.03 Å². The van der Waals surface area contributed by atoms with Crippen molar-refractivity contribution in [3.63, 3.8) is 0 Å². The van der Waals surface area contributed by atoms with Crippen molar-refractivity contribution >= 4 is 28.3 Å². The molecule has 0 saturated carbocycles. The third-order valence-corrected chi connectivity index (χ3v) is 3.76. The molecule has 1 aliphatic heterocycles. The zero-order valence-electron chi connectivity index (χ0n) is 12.1. The lowest BCUT2D eigenvalue weighted by Crippen LogP contribution is -2.40. The van der Waals surface area contributed by atoms with Gasteiger partial charge in [-0.2, -0.15) is 0 Å². The summed E-state index contributed by atoms with van der Waals surface area (Å²) in [5.74, 6) is 0.112. The Hall–Kier alpha value is -1.56. The molecule has 3 amide bonds. The van der Waals surface area contributed by atoms with E-state index in [0.717, 1.165) is 11.5 Å². The molecule has 0 spiro atoms. The number of amides is 3. The third kappa shape index (κ3) is 4.23. The first kappa shape index (κ1) is 14.8. The summed E-state index contributed by atoms with van der Waals surface area (Å²) in [5.41, 5.74) is 0.0732. The first-order valence-electron chi connectivity index (χ1n) is 6.72. The van der Waals surface area contributed by atoms with Crippen LogP contribution in [-0.2, 0) is 4.79 Å². The Kier molecular flexibility index (Phi) is 4.32. The summed E-state index contributed by atoms with van der Waals surface area (Å²) in [7, 11) is 0. The van der Waals surface area contributed by atoms with Gasteiger partial charge < -0.3 is 10.2 Å². The van der Waals surface area contributed by atoms with Crippen molar-refractivity contribution in [2.24, 2.45) is 5.41 Å². The quantitative estimate of drug-likeness (QED) is 0.900. The highest BCUT2D eigenvalue weighted by Crippen LogP contribution is 2.20. The third-order valence-electron chi connectivity index (χ3n) is 2.97. The topological polar surface area (TPSA) is 61.4 Å². The highest BCUT2D eigenvalue weighted by atomic mass is 32.1. The maximum absolute atomic E-state index is 11.9. The summed E-state index contributed by atoms with van der Waals surface area (Å²) in [5, 5.41) is 8.33. The molecule has 1 saturated heterocycles. The molecule has 0 aliphatic carbocycles. The van der Waals surface area contributed by atoms with E-state index in [-0.39, 0.29) is 23.4 Å². The number of hydrogen-bond donors (Lipinski definition) is 2. The molecule has 1 aliphatic rings. The lowest BCUT2D eigenvalue weighted by atomic mass is 9.96. The summed E-state index contributed by atoms with van der Waals surface area (Å²) in [6.07, 6.45) is 0.383. The van der Waals surface area contributed by atoms with Crippen LogP contribution in [0.1, 0.15) is 27.2 Å². The largest absolute Gasteiger partial charge is 0.340 e. The van der Waals surface area contributed by atoms with Crippen LogP contribution >= 0.6 is 11.3 Å². The molecule has 6 heteroatoms. The highest BCUT2D eigenvalue weighted by molar-refractivity contribution is 7.14. The molecule has 0 aromatic carbocycles. The molecule has 0 bridgehead atoms. The van der Waals surface area contributed by atoms with Gasteiger partial charge in [-0.3, -0.25) is 10.1 Å². The van der Waals surface area contributed by atoms with Gasteiger partial charge in [0.15, 0.2) is 0 Å². The average molecular weight is 295 g/mol. The van der Waals surface area contributed by atoms with Crippen LogP contribution in [-0.4, -0.2) is 36.0 Å². The van der Waals surface area contributed by atoms with E-state index in [1.54, 1.807) is 0 Å². The summed E-state index contributed by atoms with van der Waals surface area (Å²) in [6.45, 7) is 7.62. The van der Waals surface area contributed by atoms with Gasteiger partial charge in [-0.05, 0) is 22.9 Å². The van der Waals surface area contributed by atoms with E-state index in [9.17, 15) is 9.59 Å². The Labute approximate surface area is 123 Å². The SMILES string of the molecule is CC(C)(C)CN1CC(NC(=O)Nc2cccs2)CC1=O. The first-order valence-corrected chi connectivity index (χ1v) is 7.60. The second-order valence-electron chi connectivity index (χ2n) is 6.31. The standard InChI is InChI=1S/C14H21N3O2S/c1-14(2,3)9-17-8-10(7-12(17)18)15-13(19)16-11-5-4-6-20-11/h4-6,10H,7-9H2,1-3H3,(H2,15,16,19). The monoisotopic (exact) mass is 295 g/mol. The number of nitrogens with zero attached hydrogens (tertiary/aromatic N) is 1. The fraction of sp³-hybridized carbons (Fsp3) is 0.571. The van der Waals surface area contributed by atoms with Crippen LogP contribution in [0, 0.1) is 5.41 Å². The maximum atomic E-state index is 11.9. The van der Waals surface area contributed by atoms with Crippen LogP contribution in [0.4, 0.5) is 9.80 Å². The van der Waals surface area contributed by atoms with Crippen LogP contribution in [0.25, 0.3) is 0 Å². The number of likely N-dealkylation sites (tertiary alicyclic amines) is 1. The molecule has 0 radical (unpaired) electrons. The lowest BCUT2D eigenvalue weighted by Gasteiger charge is -2.26. The Bertz CT molecular complexity index is 479. The van der Waals surface area contributed by atoms with Crippen LogP contribution < -0.4 is 10.6 Å². The molecule has 1 fully saturated rings. The minimum Gasteiger partial charge on any atom is -0.340 e. The molecular weight excluding hydrogens is 274 g/mol. The van der Waals surface area contributed by atoms with Gasteiger partial charge in [0.2, 0.25) is 5.91 Å². The fourth-order valence-electron chi connectivity index (χ4n) is 2.28. The number of thiophene rings is 1. The van der Waals surface area contributed by atoms with E-state index in [4.69, 9.17) is 0 Å². The van der Waals surface area contributed by atoms with E-state index < -0.39 is 0 Å². The van der Waals surface area contributed by atoms with Gasteiger partial charge in [0.05, 0.1) is 11.0 Å². The molecule has 2 N–H and O–H groups in total. The first-order chi connectivity index (χ1) is 9.33. The van der Waals surface area contributed by atoms with Crippen molar-refractivity contribution in [2.75, 3.05) is 18.4 Å². The van der Waals surface area contributed by atoms with Gasteiger partial charge in [-0.1, -0.05) is 20.8 Å². The summed E-state index contributed by atoms with van der Waals surface area (Å²) < 4.78 is 0. The van der Waals surface area contributed by atoms with E-state index in [1.807, 2.05) is 22.4 Å². The number of carbonyl (C=O) groups excluding carboxylic acids is 2. The van der Waals surface area contributed by atoms with E-state index >= 15 is 0 Å². The number of anilines is 1. The molecule has 2 rings (SSSR count). The van der Waals surface area contributed by atoms with E-state index in [1.165, 1.54) is 11.3 Å². The van der Waals surface area contributed by atoms with Gasteiger partial charge in [0.25, 0.3) is 0 Å². The number of rotatable bonds is 3. The second-order valence-corrected chi connectivity index (χ2v) is 7.26. The molecule has 5 nitrogen and oxygen atoms in total. The van der Waals surface area contributed by atoms with Gasteiger partial charge in [-0.15, -0.1) is 11.3 Å². The Morgan fingerprint density at radius 3 is 2.85 bits per heavy atom. The second kappa shape index (κ2) is 5.83. The van der Waals surface area contributed by atoms with Crippen LogP contribution in [0.2, 0.25) is 0 Å². The van der Waals surface area contributed by atoms with Crippen molar-refractivity contribution in [3.05, 3.63) is 17.5 Å². The molecule has 2 heterocycles. The Morgan fingerprint density at radius 2 is 2.25 bits per heavy atom. The Balaban J connectivity index is 1.83. The number of nitrogens with one attached hydrogen (secondary N) is 2. The molecule has 1 unspecified atom stereocenters. The lowest BCUT2D eigenvalue weighted by molar-refractivity contribution is -0.128. The fourth-order valence-corrected chi connectivity index (χ4v) is 2.89. The summed E-state index contributed by atoms with van der Waals surface area (Å²) in [6, 6.07) is 3.37. The van der Waals surface area contributed by atoms with Crippen molar-refractivity contribution in [1.82, 2.24) is 10.2 Å². The maximum Gasteiger partial charge on any atom is 0.320 e. The minimum absolute atomic E-state index is 0.0732. The van der Waals surface area contributed by atoms with E-state index in [2.05, 4.69) is 31.4 Å². The van der Waals surface area contributed by atoms with Gasteiger partial charge in [0.1, 0.15) is 0 Å². The highest BCUT2D eigenvalue weighted by Gasteiger charge is 2.32. The number of hydrogen-bond acceptors (Lipinski definition) is 3. The number of urea groups is 1. The molecule has 1 aromatic rings. The van der Waals surface area contributed by atoms with Crippen LogP contribution in [0.15, 0.2) is 17.5 Å². The van der Waals surface area contributed by atoms with Crippen LogP contribution in [0.5, 0.6) is 0 Å². The van der Waals surface area contributed by atoms with Crippen LogP contribution in [0.3, 0.4) is 0 Å². The number of carbonyl (C=O) groups is 2. The predicted octanol–water partition coefficient (Wildman–Crippen LogP) is 2.52. The van der Waals surface area contributed by atoms with Crippen molar-refractivity contribution in [1.29, 1.82) is 0 Å². The smallest absolute Gasteiger partial charge is 0.320 e. The normalized spacial score (nSPS) is 19.2. The minimum atomic E-state index is -0.247. The van der Waals surface area contributed by atoms with Crippen molar-refractivity contribution in [2.45, 2.75) is 33.2 Å². The summed E-state index contributed by atoms with van der Waals surface area (Å²) in [4.78, 5) is 25.6. The summed E-state index contributed by atoms with van der Waals surface area (Å²) >= 11 is 1.47. The molecule has 110 valence electrons. The average Bonchev–Trinajstić information content (AvgIpc) is 2.88. The molecule has 20 heavy (non-hydrogen) atoms. The molecular formula is C14H21N3O2S. The predicted molar refractivity (Wildman–Crippen MR) is 80.9 cm³/mol. The zero-order valence-corrected chi connectivity index (χ0v) is 12.9. The van der Waals surface area contributed by atoms with Gasteiger partial charge in [-0.25, -0.2) is 4.79 Å². The van der Waals surface area contributed by atoms with Gasteiger partial charge in [0, 0.05) is 19.5 Å². The van der Waals surface area contributed by atoms with Crippen molar-refractivity contribution in [3.8, 4) is 0 Å². The van der Waals surface area contributed by atoms with Crippen molar-refractivity contribution < 1.29 is 9.59 Å². The zero-order chi connectivity index (χ0) is 14.8.